The van der Waals surface area contributed by atoms with Gasteiger partial charge in [0.2, 0.25) is 11.8 Å². The molecule has 0 bridgehead atoms. The van der Waals surface area contributed by atoms with Crippen molar-refractivity contribution in [2.24, 2.45) is 0 Å². The highest BCUT2D eigenvalue weighted by Gasteiger charge is 2.17. The number of aromatic nitrogens is 2. The number of ether oxygens (including phenoxy) is 2. The minimum atomic E-state index is -0.234. The van der Waals surface area contributed by atoms with E-state index in [1.165, 1.54) is 16.9 Å². The molecule has 3 aromatic rings. The highest BCUT2D eigenvalue weighted by Crippen LogP contribution is 2.33. The fourth-order valence-corrected chi connectivity index (χ4v) is 3.96. The number of anilines is 1. The Labute approximate surface area is 179 Å². The van der Waals surface area contributed by atoms with Crippen molar-refractivity contribution in [3.05, 3.63) is 63.6 Å². The van der Waals surface area contributed by atoms with Crippen molar-refractivity contribution in [2.75, 3.05) is 18.7 Å². The molecule has 0 unspecified atom stereocenters. The predicted octanol–water partition coefficient (Wildman–Crippen LogP) is 4.10. The molecular formula is C22H24N4O3S. The third-order valence-corrected chi connectivity index (χ3v) is 5.84. The fourth-order valence-electron chi connectivity index (χ4n) is 3.19. The van der Waals surface area contributed by atoms with Crippen LogP contribution in [0.5, 0.6) is 11.5 Å². The van der Waals surface area contributed by atoms with E-state index < -0.39 is 0 Å². The second kappa shape index (κ2) is 9.23. The number of hydrogen-bond acceptors (Lipinski definition) is 7. The van der Waals surface area contributed by atoms with Gasteiger partial charge in [-0.2, -0.15) is 0 Å². The lowest BCUT2D eigenvalue weighted by Crippen LogP contribution is -2.22. The van der Waals surface area contributed by atoms with E-state index >= 15 is 0 Å². The van der Waals surface area contributed by atoms with Crippen molar-refractivity contribution in [1.29, 1.82) is 0 Å². The van der Waals surface area contributed by atoms with Gasteiger partial charge in [-0.25, -0.2) is 0 Å². The molecule has 1 amide bonds. The van der Waals surface area contributed by atoms with Gasteiger partial charge in [-0.15, -0.1) is 10.2 Å². The molecule has 156 valence electrons. The maximum absolute atomic E-state index is 12.5. The number of hydrogen-bond donors (Lipinski definition) is 1. The lowest BCUT2D eigenvalue weighted by atomic mass is 10.1. The molecule has 8 heteroatoms. The Hall–Kier alpha value is -2.97. The zero-order valence-corrected chi connectivity index (χ0v) is 17.9. The van der Waals surface area contributed by atoms with E-state index in [9.17, 15) is 4.79 Å². The molecular weight excluding hydrogens is 400 g/mol. The lowest BCUT2D eigenvalue weighted by molar-refractivity contribution is 0.102. The van der Waals surface area contributed by atoms with E-state index in [1.807, 2.05) is 42.5 Å². The van der Waals surface area contributed by atoms with Crippen LogP contribution in [-0.4, -0.2) is 34.3 Å². The highest BCUT2D eigenvalue weighted by atomic mass is 32.1. The van der Waals surface area contributed by atoms with Crippen LogP contribution in [0.3, 0.4) is 0 Å². The van der Waals surface area contributed by atoms with Crippen molar-refractivity contribution < 1.29 is 14.3 Å². The average Bonchev–Trinajstić information content (AvgIpc) is 3.43. The summed E-state index contributed by atoms with van der Waals surface area (Å²) in [6.45, 7) is 6.69. The lowest BCUT2D eigenvalue weighted by Gasteiger charge is -2.19. The largest absolute Gasteiger partial charge is 0.454 e. The van der Waals surface area contributed by atoms with Crippen LogP contribution < -0.4 is 14.8 Å². The van der Waals surface area contributed by atoms with E-state index in [0.717, 1.165) is 47.3 Å². The minimum Gasteiger partial charge on any atom is -0.454 e. The van der Waals surface area contributed by atoms with Crippen LogP contribution in [0.15, 0.2) is 42.5 Å². The van der Waals surface area contributed by atoms with Crippen LogP contribution in [0, 0.1) is 0 Å². The van der Waals surface area contributed by atoms with Gasteiger partial charge in [-0.05, 0) is 48.4 Å². The molecule has 7 nitrogen and oxygen atoms in total. The van der Waals surface area contributed by atoms with E-state index in [1.54, 1.807) is 0 Å². The van der Waals surface area contributed by atoms with E-state index in [4.69, 9.17) is 9.47 Å². The number of amides is 1. The molecule has 1 N–H and O–H groups in total. The molecule has 0 spiro atoms. The molecule has 0 atom stereocenters. The summed E-state index contributed by atoms with van der Waals surface area (Å²) in [5.74, 6) is 1.33. The first-order valence-corrected chi connectivity index (χ1v) is 10.8. The first-order valence-electron chi connectivity index (χ1n) is 9.98. The van der Waals surface area contributed by atoms with E-state index in [0.29, 0.717) is 11.6 Å². The summed E-state index contributed by atoms with van der Waals surface area (Å²) in [5, 5.41) is 12.4. The van der Waals surface area contributed by atoms with Gasteiger partial charge in [-0.3, -0.25) is 9.69 Å². The third-order valence-electron chi connectivity index (χ3n) is 4.93. The molecule has 0 saturated carbocycles. The van der Waals surface area contributed by atoms with Crippen molar-refractivity contribution in [2.45, 2.75) is 33.4 Å². The van der Waals surface area contributed by atoms with Crippen LogP contribution in [0.25, 0.3) is 0 Å². The average molecular weight is 425 g/mol. The van der Waals surface area contributed by atoms with Crippen LogP contribution in [0.4, 0.5) is 5.69 Å². The van der Waals surface area contributed by atoms with Gasteiger partial charge in [0.15, 0.2) is 11.5 Å². The zero-order chi connectivity index (χ0) is 20.9. The Morgan fingerprint density at radius 3 is 2.57 bits per heavy atom. The fraction of sp³-hybridized carbons (Fsp3) is 0.318. The second-order valence-corrected chi connectivity index (χ2v) is 8.06. The van der Waals surface area contributed by atoms with Gasteiger partial charge in [0, 0.05) is 12.2 Å². The Balaban J connectivity index is 1.36. The van der Waals surface area contributed by atoms with E-state index in [2.05, 4.69) is 34.3 Å². The zero-order valence-electron chi connectivity index (χ0n) is 17.1. The minimum absolute atomic E-state index is 0.234. The molecule has 1 aromatic heterocycles. The smallest absolute Gasteiger partial charge is 0.286 e. The first-order chi connectivity index (χ1) is 14.6. The standard InChI is InChI=1S/C22H24N4O3S/c1-3-15-5-8-17(9-6-15)23-21(27)22-25-24-20(30-22)13-26(4-2)12-16-7-10-18-19(11-16)29-14-28-18/h5-11H,3-4,12-14H2,1-2H3,(H,23,27). The SMILES string of the molecule is CCc1ccc(NC(=O)c2nnc(CN(CC)Cc3ccc4c(c3)OCO4)s2)cc1. The third kappa shape index (κ3) is 4.77. The quantitative estimate of drug-likeness (QED) is 0.587. The first kappa shape index (κ1) is 20.3. The molecule has 1 aliphatic heterocycles. The van der Waals surface area contributed by atoms with Gasteiger partial charge in [0.05, 0.1) is 6.54 Å². The molecule has 0 saturated heterocycles. The molecule has 4 rings (SSSR count). The summed E-state index contributed by atoms with van der Waals surface area (Å²) in [5.41, 5.74) is 3.12. The molecule has 1 aliphatic rings. The van der Waals surface area contributed by atoms with E-state index in [-0.39, 0.29) is 12.7 Å². The summed E-state index contributed by atoms with van der Waals surface area (Å²) in [7, 11) is 0. The summed E-state index contributed by atoms with van der Waals surface area (Å²) in [4.78, 5) is 14.7. The summed E-state index contributed by atoms with van der Waals surface area (Å²) < 4.78 is 10.8. The number of aryl methyl sites for hydroxylation is 1. The normalized spacial score (nSPS) is 12.4. The van der Waals surface area contributed by atoms with Crippen molar-refractivity contribution in [1.82, 2.24) is 15.1 Å². The van der Waals surface area contributed by atoms with Crippen LogP contribution in [0.1, 0.15) is 39.8 Å². The van der Waals surface area contributed by atoms with Gasteiger partial charge < -0.3 is 14.8 Å². The number of rotatable bonds is 8. The molecule has 30 heavy (non-hydrogen) atoms. The van der Waals surface area contributed by atoms with Gasteiger partial charge in [-0.1, -0.05) is 43.4 Å². The summed E-state index contributed by atoms with van der Waals surface area (Å²) >= 11 is 1.32. The molecule has 2 heterocycles. The molecule has 2 aromatic carbocycles. The number of fused-ring (bicyclic) bond motifs is 1. The Bertz CT molecular complexity index is 1020. The van der Waals surface area contributed by atoms with Crippen molar-refractivity contribution in [3.63, 3.8) is 0 Å². The second-order valence-electron chi connectivity index (χ2n) is 7.00. The van der Waals surface area contributed by atoms with Crippen LogP contribution in [0.2, 0.25) is 0 Å². The van der Waals surface area contributed by atoms with Gasteiger partial charge in [0.25, 0.3) is 5.91 Å². The molecule has 0 fully saturated rings. The molecule has 0 aliphatic carbocycles. The maximum Gasteiger partial charge on any atom is 0.286 e. The van der Waals surface area contributed by atoms with Crippen molar-refractivity contribution >= 4 is 22.9 Å². The monoisotopic (exact) mass is 424 g/mol. The predicted molar refractivity (Wildman–Crippen MR) is 116 cm³/mol. The van der Waals surface area contributed by atoms with Gasteiger partial charge in [0.1, 0.15) is 5.01 Å². The molecule has 0 radical (unpaired) electrons. The number of carbonyl (C=O) groups excluding carboxylic acids is 1. The number of nitrogens with zero attached hydrogens (tertiary/aromatic N) is 3. The number of nitrogens with one attached hydrogen (secondary N) is 1. The summed E-state index contributed by atoms with van der Waals surface area (Å²) in [6.07, 6.45) is 0.966. The van der Waals surface area contributed by atoms with Crippen LogP contribution >= 0.6 is 11.3 Å². The Morgan fingerprint density at radius 2 is 1.80 bits per heavy atom. The highest BCUT2D eigenvalue weighted by molar-refractivity contribution is 7.13. The maximum atomic E-state index is 12.5. The van der Waals surface area contributed by atoms with Crippen molar-refractivity contribution in [3.8, 4) is 11.5 Å². The van der Waals surface area contributed by atoms with Crippen LogP contribution in [-0.2, 0) is 19.5 Å². The Kier molecular flexibility index (Phi) is 6.25. The topological polar surface area (TPSA) is 76.6 Å². The summed E-state index contributed by atoms with van der Waals surface area (Å²) in [6, 6.07) is 13.8. The number of benzene rings is 2. The Morgan fingerprint density at radius 1 is 1.03 bits per heavy atom. The van der Waals surface area contributed by atoms with Gasteiger partial charge >= 0.3 is 0 Å². The number of carbonyl (C=O) groups is 1.